The van der Waals surface area contributed by atoms with Crippen molar-refractivity contribution >= 4 is 17.0 Å². The highest BCUT2D eigenvalue weighted by Crippen LogP contribution is 2.21. The first-order chi connectivity index (χ1) is 13.3. The van der Waals surface area contributed by atoms with Crippen LogP contribution in [-0.4, -0.2) is 49.1 Å². The van der Waals surface area contributed by atoms with E-state index in [1.165, 1.54) is 0 Å². The Morgan fingerprint density at radius 2 is 2.43 bits per heavy atom. The molecule has 112 valence electrons. The zero-order chi connectivity index (χ0) is 21.6. The quantitative estimate of drug-likeness (QED) is 0.886. The van der Waals surface area contributed by atoms with Gasteiger partial charge in [-0.25, -0.2) is 4.79 Å². The van der Waals surface area contributed by atoms with Crippen molar-refractivity contribution in [2.24, 2.45) is 0 Å². The molecule has 3 rings (SSSR count). The second kappa shape index (κ2) is 5.77. The van der Waals surface area contributed by atoms with Crippen LogP contribution in [0.5, 0.6) is 0 Å². The molecule has 0 saturated carbocycles. The van der Waals surface area contributed by atoms with E-state index in [1.54, 1.807) is 12.3 Å². The fourth-order valence-electron chi connectivity index (χ4n) is 2.48. The largest absolute Gasteiger partial charge is 0.447 e. The van der Waals surface area contributed by atoms with Gasteiger partial charge >= 0.3 is 6.09 Å². The summed E-state index contributed by atoms with van der Waals surface area (Å²) in [7, 11) is 0. The van der Waals surface area contributed by atoms with E-state index in [9.17, 15) is 4.79 Å². The molecule has 1 aromatic carbocycles. The van der Waals surface area contributed by atoms with Gasteiger partial charge in [-0.3, -0.25) is 0 Å². The molecule has 1 saturated heterocycles. The number of amides is 1. The van der Waals surface area contributed by atoms with Crippen LogP contribution in [0.4, 0.5) is 4.79 Å². The fraction of sp³-hybridized carbons (Fsp3) is 0.438. The standard InChI is InChI=1S/C16H21N3O2/c1-19(2)6-5-12-9-17-15-4-3-11(8-14(12)15)7-13-10-21-16(20)18-13/h3-4,8-9,13,17H,5-7,10H2,1-2H3,(H,18,20)/t13-/m0/s1/i1D3,2D3,6D2. The number of hydrogen-bond acceptors (Lipinski definition) is 3. The molecule has 2 heterocycles. The number of fused-ring (bicyclic) bond motifs is 1. The Morgan fingerprint density at radius 3 is 3.19 bits per heavy atom. The first-order valence-electron chi connectivity index (χ1n) is 10.6. The second-order valence-corrected chi connectivity index (χ2v) is 5.01. The van der Waals surface area contributed by atoms with Crippen LogP contribution < -0.4 is 5.32 Å². The lowest BCUT2D eigenvalue weighted by atomic mass is 10.0. The zero-order valence-corrected chi connectivity index (χ0v) is 11.3. The van der Waals surface area contributed by atoms with E-state index in [2.05, 4.69) is 10.3 Å². The molecule has 5 heteroatoms. The first-order valence-corrected chi connectivity index (χ1v) is 6.60. The molecule has 0 spiro atoms. The lowest BCUT2D eigenvalue weighted by Crippen LogP contribution is -2.28. The number of aryl methyl sites for hydroxylation is 1. The number of H-pyrrole nitrogens is 1. The predicted octanol–water partition coefficient (Wildman–Crippen LogP) is 1.92. The van der Waals surface area contributed by atoms with Gasteiger partial charge < -0.3 is 19.9 Å². The summed E-state index contributed by atoms with van der Waals surface area (Å²) in [6.45, 7) is -8.65. The molecule has 1 aromatic heterocycles. The average molecular weight is 295 g/mol. The third-order valence-electron chi connectivity index (χ3n) is 3.48. The van der Waals surface area contributed by atoms with E-state index >= 15 is 0 Å². The van der Waals surface area contributed by atoms with Gasteiger partial charge in [-0.1, -0.05) is 6.07 Å². The Kier molecular flexibility index (Phi) is 2.01. The maximum absolute atomic E-state index is 11.2. The molecule has 0 aliphatic carbocycles. The van der Waals surface area contributed by atoms with Gasteiger partial charge in [0.05, 0.1) is 6.04 Å². The van der Waals surface area contributed by atoms with Crippen LogP contribution in [0.15, 0.2) is 24.4 Å². The van der Waals surface area contributed by atoms with Crippen LogP contribution in [-0.2, 0) is 17.6 Å². The van der Waals surface area contributed by atoms with Crippen LogP contribution in [0, 0.1) is 0 Å². The smallest absolute Gasteiger partial charge is 0.407 e. The molecule has 0 bridgehead atoms. The SMILES string of the molecule is [2H]C([2H])([2H])N(C([2H])([2H])[2H])C([2H])([2H])Cc1c[nH]c2ccc(C[C@H]3COC(=O)N3)cc12. The second-order valence-electron chi connectivity index (χ2n) is 5.01. The molecule has 0 radical (unpaired) electrons. The summed E-state index contributed by atoms with van der Waals surface area (Å²) in [6, 6.07) is 5.30. The number of alkyl carbamates (subject to hydrolysis) is 1. The summed E-state index contributed by atoms with van der Waals surface area (Å²) in [5.74, 6) is 0. The van der Waals surface area contributed by atoms with Gasteiger partial charge in [0.1, 0.15) is 6.61 Å². The molecule has 0 unspecified atom stereocenters. The molecule has 1 fully saturated rings. The van der Waals surface area contributed by atoms with Crippen molar-refractivity contribution in [2.75, 3.05) is 27.1 Å². The first kappa shape index (κ1) is 7.31. The third kappa shape index (κ3) is 3.19. The van der Waals surface area contributed by atoms with Gasteiger partial charge in [-0.05, 0) is 50.1 Å². The molecule has 1 atom stereocenters. The van der Waals surface area contributed by atoms with Crippen molar-refractivity contribution < 1.29 is 20.5 Å². The third-order valence-corrected chi connectivity index (χ3v) is 3.48. The Hall–Kier alpha value is -2.01. The van der Waals surface area contributed by atoms with Crippen molar-refractivity contribution in [3.63, 3.8) is 0 Å². The highest BCUT2D eigenvalue weighted by atomic mass is 16.6. The normalized spacial score (nSPS) is 25.8. The predicted molar refractivity (Wildman–Crippen MR) is 82.5 cm³/mol. The Balaban J connectivity index is 1.89. The van der Waals surface area contributed by atoms with E-state index < -0.39 is 33.0 Å². The van der Waals surface area contributed by atoms with Gasteiger partial charge in [-0.15, -0.1) is 0 Å². The van der Waals surface area contributed by atoms with Crippen LogP contribution in [0.2, 0.25) is 0 Å². The van der Waals surface area contributed by atoms with E-state index in [0.29, 0.717) is 22.9 Å². The molecule has 1 aliphatic heterocycles. The minimum atomic E-state index is -3.13. The number of nitrogens with one attached hydrogen (secondary N) is 2. The topological polar surface area (TPSA) is 57.4 Å². The fourth-order valence-corrected chi connectivity index (χ4v) is 2.48. The van der Waals surface area contributed by atoms with Crippen LogP contribution in [0.1, 0.15) is 22.1 Å². The molecule has 1 aliphatic rings. The summed E-state index contributed by atoms with van der Waals surface area (Å²) in [4.78, 5) is 14.1. The number of cyclic esters (lactones) is 1. The van der Waals surface area contributed by atoms with Crippen molar-refractivity contribution in [1.82, 2.24) is 15.2 Å². The average Bonchev–Trinajstić information content (AvgIpc) is 3.10. The molecule has 1 amide bonds. The molecular formula is C16H21N3O2. The Morgan fingerprint density at radius 1 is 1.52 bits per heavy atom. The minimum Gasteiger partial charge on any atom is -0.447 e. The summed E-state index contributed by atoms with van der Waals surface area (Å²) in [6.07, 6.45) is 1.15. The summed E-state index contributed by atoms with van der Waals surface area (Å²) in [5, 5.41) is 3.34. The lowest BCUT2D eigenvalue weighted by Gasteiger charge is -2.09. The molecule has 2 N–H and O–H groups in total. The number of benzene rings is 1. The number of aromatic nitrogens is 1. The summed E-state index contributed by atoms with van der Waals surface area (Å²) >= 11 is 0. The molecule has 2 aromatic rings. The van der Waals surface area contributed by atoms with Crippen LogP contribution >= 0.6 is 0 Å². The van der Waals surface area contributed by atoms with Gasteiger partial charge in [0.15, 0.2) is 0 Å². The summed E-state index contributed by atoms with van der Waals surface area (Å²) in [5.41, 5.74) is 2.04. The van der Waals surface area contributed by atoms with E-state index in [0.717, 1.165) is 5.56 Å². The van der Waals surface area contributed by atoms with Crippen LogP contribution in [0.25, 0.3) is 10.9 Å². The number of aromatic amines is 1. The Labute approximate surface area is 135 Å². The summed E-state index contributed by atoms with van der Waals surface area (Å²) < 4.78 is 66.1. The number of ether oxygens (including phenoxy) is 1. The van der Waals surface area contributed by atoms with Gasteiger partial charge in [0, 0.05) is 34.6 Å². The van der Waals surface area contributed by atoms with Crippen molar-refractivity contribution in [1.29, 1.82) is 0 Å². The minimum absolute atomic E-state index is 0.0406. The van der Waals surface area contributed by atoms with Crippen LogP contribution in [0.3, 0.4) is 0 Å². The number of rotatable bonds is 5. The number of likely N-dealkylation sites (N-methyl/N-ethyl adjacent to an activating group) is 1. The Bertz CT molecular complexity index is 892. The van der Waals surface area contributed by atoms with Crippen molar-refractivity contribution in [2.45, 2.75) is 18.9 Å². The highest BCUT2D eigenvalue weighted by Gasteiger charge is 2.22. The van der Waals surface area contributed by atoms with Crippen molar-refractivity contribution in [3.8, 4) is 0 Å². The van der Waals surface area contributed by atoms with E-state index in [4.69, 9.17) is 15.7 Å². The maximum atomic E-state index is 11.2. The van der Waals surface area contributed by atoms with Gasteiger partial charge in [0.2, 0.25) is 0 Å². The zero-order valence-electron chi connectivity index (χ0n) is 19.3. The molecular weight excluding hydrogens is 266 g/mol. The number of hydrogen-bond donors (Lipinski definition) is 2. The lowest BCUT2D eigenvalue weighted by molar-refractivity contribution is 0.177. The monoisotopic (exact) mass is 295 g/mol. The number of nitrogens with zero attached hydrogens (tertiary/aromatic N) is 1. The highest BCUT2D eigenvalue weighted by molar-refractivity contribution is 5.84. The van der Waals surface area contributed by atoms with E-state index in [1.807, 2.05) is 12.1 Å². The van der Waals surface area contributed by atoms with Gasteiger partial charge in [0.25, 0.3) is 0 Å². The molecule has 21 heavy (non-hydrogen) atoms. The van der Waals surface area contributed by atoms with Crippen molar-refractivity contribution in [3.05, 3.63) is 35.5 Å². The van der Waals surface area contributed by atoms with E-state index in [-0.39, 0.29) is 17.5 Å². The number of carbonyl (C=O) groups excluding carboxylic acids is 1. The molecule has 5 nitrogen and oxygen atoms in total. The number of carbonyl (C=O) groups is 1. The maximum Gasteiger partial charge on any atom is 0.407 e. The van der Waals surface area contributed by atoms with Gasteiger partial charge in [-0.2, -0.15) is 0 Å².